The molecule has 0 aliphatic carbocycles. The van der Waals surface area contributed by atoms with Crippen LogP contribution in [0.1, 0.15) is 18.0 Å². The third-order valence-corrected chi connectivity index (χ3v) is 3.09. The standard InChI is InChI=1S/C9H7BrClF4N/c10-5-2-7(12)4(1-6(5)11)8(16)3-9(13,14)15/h1-2,8H,3,16H2. The summed E-state index contributed by atoms with van der Waals surface area (Å²) in [5.74, 6) is -0.812. The lowest BCUT2D eigenvalue weighted by Crippen LogP contribution is -2.21. The van der Waals surface area contributed by atoms with Gasteiger partial charge in [-0.25, -0.2) is 4.39 Å². The van der Waals surface area contributed by atoms with Gasteiger partial charge in [0.2, 0.25) is 0 Å². The van der Waals surface area contributed by atoms with Crippen molar-refractivity contribution >= 4 is 27.5 Å². The van der Waals surface area contributed by atoms with E-state index in [9.17, 15) is 17.6 Å². The summed E-state index contributed by atoms with van der Waals surface area (Å²) in [5, 5.41) is 0.119. The Morgan fingerprint density at radius 2 is 1.94 bits per heavy atom. The van der Waals surface area contributed by atoms with Crippen molar-refractivity contribution in [1.29, 1.82) is 0 Å². The maximum absolute atomic E-state index is 13.3. The number of hydrogen-bond donors (Lipinski definition) is 1. The summed E-state index contributed by atoms with van der Waals surface area (Å²) in [6.07, 6.45) is -5.73. The predicted molar refractivity (Wildman–Crippen MR) is 56.7 cm³/mol. The summed E-state index contributed by atoms with van der Waals surface area (Å²) in [6, 6.07) is 0.635. The molecule has 0 saturated carbocycles. The van der Waals surface area contributed by atoms with Gasteiger partial charge in [0.1, 0.15) is 5.82 Å². The highest BCUT2D eigenvalue weighted by Gasteiger charge is 2.32. The van der Waals surface area contributed by atoms with Crippen LogP contribution < -0.4 is 5.73 Å². The van der Waals surface area contributed by atoms with Crippen LogP contribution in [0.2, 0.25) is 5.02 Å². The van der Waals surface area contributed by atoms with Gasteiger partial charge < -0.3 is 5.73 Å². The van der Waals surface area contributed by atoms with Gasteiger partial charge in [-0.2, -0.15) is 13.2 Å². The first-order valence-electron chi connectivity index (χ1n) is 4.17. The van der Waals surface area contributed by atoms with E-state index in [-0.39, 0.29) is 15.1 Å². The number of nitrogens with two attached hydrogens (primary N) is 1. The number of alkyl halides is 3. The molecule has 0 heterocycles. The fourth-order valence-corrected chi connectivity index (χ4v) is 1.67. The lowest BCUT2D eigenvalue weighted by molar-refractivity contribution is -0.138. The summed E-state index contributed by atoms with van der Waals surface area (Å²) in [4.78, 5) is 0. The molecule has 0 spiro atoms. The first kappa shape index (κ1) is 13.7. The van der Waals surface area contributed by atoms with Crippen LogP contribution >= 0.6 is 27.5 Å². The molecular weight excluding hydrogens is 313 g/mol. The van der Waals surface area contributed by atoms with E-state index in [0.717, 1.165) is 12.1 Å². The second-order valence-corrected chi connectivity index (χ2v) is 4.48. The van der Waals surface area contributed by atoms with E-state index in [2.05, 4.69) is 15.9 Å². The van der Waals surface area contributed by atoms with Crippen molar-refractivity contribution in [2.45, 2.75) is 18.6 Å². The summed E-state index contributed by atoms with van der Waals surface area (Å²) >= 11 is 8.61. The topological polar surface area (TPSA) is 26.0 Å². The molecule has 0 fully saturated rings. The molecule has 1 rings (SSSR count). The van der Waals surface area contributed by atoms with Gasteiger partial charge in [0, 0.05) is 16.1 Å². The van der Waals surface area contributed by atoms with E-state index in [1.54, 1.807) is 0 Å². The van der Waals surface area contributed by atoms with Gasteiger partial charge in [-0.1, -0.05) is 11.6 Å². The van der Waals surface area contributed by atoms with E-state index in [1.807, 2.05) is 0 Å². The lowest BCUT2D eigenvalue weighted by Gasteiger charge is -2.15. The van der Waals surface area contributed by atoms with Crippen molar-refractivity contribution in [2.24, 2.45) is 5.73 Å². The van der Waals surface area contributed by atoms with Crippen molar-refractivity contribution in [3.8, 4) is 0 Å². The number of hydrogen-bond acceptors (Lipinski definition) is 1. The molecule has 1 nitrogen and oxygen atoms in total. The van der Waals surface area contributed by atoms with Crippen LogP contribution in [-0.2, 0) is 0 Å². The summed E-state index contributed by atoms with van der Waals surface area (Å²) in [6.45, 7) is 0. The predicted octanol–water partition coefficient (Wildman–Crippen LogP) is 4.19. The maximum Gasteiger partial charge on any atom is 0.390 e. The highest BCUT2D eigenvalue weighted by molar-refractivity contribution is 9.10. The summed E-state index contributed by atoms with van der Waals surface area (Å²) < 4.78 is 49.8. The van der Waals surface area contributed by atoms with Gasteiger partial charge in [0.05, 0.1) is 11.4 Å². The van der Waals surface area contributed by atoms with Crippen molar-refractivity contribution in [3.63, 3.8) is 0 Å². The van der Waals surface area contributed by atoms with Crippen LogP contribution in [0.15, 0.2) is 16.6 Å². The fraction of sp³-hybridized carbons (Fsp3) is 0.333. The Hall–Kier alpha value is -0.330. The highest BCUT2D eigenvalue weighted by Crippen LogP contribution is 2.33. The van der Waals surface area contributed by atoms with Crippen LogP contribution in [0.4, 0.5) is 17.6 Å². The minimum Gasteiger partial charge on any atom is -0.324 e. The SMILES string of the molecule is NC(CC(F)(F)F)c1cc(Cl)c(Br)cc1F. The third-order valence-electron chi connectivity index (χ3n) is 1.89. The number of halogens is 6. The zero-order valence-electron chi connectivity index (χ0n) is 7.78. The lowest BCUT2D eigenvalue weighted by atomic mass is 10.0. The van der Waals surface area contributed by atoms with Gasteiger partial charge in [0.25, 0.3) is 0 Å². The highest BCUT2D eigenvalue weighted by atomic mass is 79.9. The van der Waals surface area contributed by atoms with Crippen LogP contribution in [0.5, 0.6) is 0 Å². The van der Waals surface area contributed by atoms with Gasteiger partial charge in [-0.15, -0.1) is 0 Å². The largest absolute Gasteiger partial charge is 0.390 e. The molecule has 0 aromatic heterocycles. The van der Waals surface area contributed by atoms with Crippen molar-refractivity contribution < 1.29 is 17.6 Å². The Balaban J connectivity index is 3.00. The Morgan fingerprint density at radius 3 is 2.44 bits per heavy atom. The zero-order valence-corrected chi connectivity index (χ0v) is 10.1. The molecule has 0 saturated heterocycles. The molecule has 1 unspecified atom stereocenters. The monoisotopic (exact) mass is 319 g/mol. The van der Waals surface area contributed by atoms with E-state index in [0.29, 0.717) is 0 Å². The number of rotatable bonds is 2. The molecule has 0 bridgehead atoms. The van der Waals surface area contributed by atoms with E-state index < -0.39 is 24.5 Å². The molecule has 1 aromatic rings. The molecule has 16 heavy (non-hydrogen) atoms. The van der Waals surface area contributed by atoms with Gasteiger partial charge in [0.15, 0.2) is 0 Å². The van der Waals surface area contributed by atoms with Gasteiger partial charge in [-0.05, 0) is 28.1 Å². The van der Waals surface area contributed by atoms with Crippen LogP contribution in [-0.4, -0.2) is 6.18 Å². The van der Waals surface area contributed by atoms with Crippen LogP contribution in [0.25, 0.3) is 0 Å². The molecule has 1 atom stereocenters. The average molecular weight is 321 g/mol. The molecule has 1 aromatic carbocycles. The Kier molecular flexibility index (Phi) is 4.20. The van der Waals surface area contributed by atoms with Gasteiger partial charge >= 0.3 is 6.18 Å². The first-order valence-corrected chi connectivity index (χ1v) is 5.34. The molecule has 2 N–H and O–H groups in total. The maximum atomic E-state index is 13.3. The molecule has 7 heteroatoms. The Bertz CT molecular complexity index is 394. The first-order chi connectivity index (χ1) is 7.20. The Morgan fingerprint density at radius 1 is 1.38 bits per heavy atom. The second kappa shape index (κ2) is 4.89. The Labute approximate surface area is 103 Å². The van der Waals surface area contributed by atoms with E-state index >= 15 is 0 Å². The molecular formula is C9H7BrClF4N. The minimum atomic E-state index is -4.44. The van der Waals surface area contributed by atoms with Gasteiger partial charge in [-0.3, -0.25) is 0 Å². The van der Waals surface area contributed by atoms with Crippen molar-refractivity contribution in [3.05, 3.63) is 33.0 Å². The van der Waals surface area contributed by atoms with Crippen LogP contribution in [0.3, 0.4) is 0 Å². The van der Waals surface area contributed by atoms with E-state index in [4.69, 9.17) is 17.3 Å². The van der Waals surface area contributed by atoms with Crippen molar-refractivity contribution in [2.75, 3.05) is 0 Å². The molecule has 0 aliphatic rings. The van der Waals surface area contributed by atoms with Crippen molar-refractivity contribution in [1.82, 2.24) is 0 Å². The quantitative estimate of drug-likeness (QED) is 0.641. The summed E-state index contributed by atoms with van der Waals surface area (Å²) in [5.41, 5.74) is 5.02. The van der Waals surface area contributed by atoms with E-state index in [1.165, 1.54) is 0 Å². The molecule has 90 valence electrons. The summed E-state index contributed by atoms with van der Waals surface area (Å²) in [7, 11) is 0. The average Bonchev–Trinajstić information content (AvgIpc) is 2.08. The molecule has 0 amide bonds. The minimum absolute atomic E-state index is 0.119. The second-order valence-electron chi connectivity index (χ2n) is 3.21. The smallest absolute Gasteiger partial charge is 0.324 e. The molecule has 0 aliphatic heterocycles. The normalized spacial score (nSPS) is 13.9. The van der Waals surface area contributed by atoms with Crippen LogP contribution in [0, 0.1) is 5.82 Å². The number of benzene rings is 1. The zero-order chi connectivity index (χ0) is 12.5. The third kappa shape index (κ3) is 3.61. The fourth-order valence-electron chi connectivity index (χ4n) is 1.18. The molecule has 0 radical (unpaired) electrons.